The summed E-state index contributed by atoms with van der Waals surface area (Å²) in [6.45, 7) is 1.92. The number of thiophene rings is 1. The molecule has 0 aliphatic carbocycles. The number of hydrogen-bond donors (Lipinski definition) is 1. The number of likely N-dealkylation sites (tertiary alicyclic amines) is 1. The average Bonchev–Trinajstić information content (AvgIpc) is 3.09. The van der Waals surface area contributed by atoms with E-state index in [-0.39, 0.29) is 6.04 Å². The highest BCUT2D eigenvalue weighted by atomic mass is 32.1. The molecular weight excluding hydrogens is 232 g/mol. The number of amides is 1. The molecule has 1 amide bonds. The Bertz CT molecular complexity index is 384. The standard InChI is InChI=1S/C13H18N2OS/c16-13(11-3-1-6-14-11)15-7-2-4-12(15)10-5-8-17-9-10/h5,8-9,11-12,14H,1-4,6-7H2. The van der Waals surface area contributed by atoms with Crippen molar-refractivity contribution in [1.29, 1.82) is 0 Å². The van der Waals surface area contributed by atoms with E-state index < -0.39 is 0 Å². The summed E-state index contributed by atoms with van der Waals surface area (Å²) in [6, 6.07) is 2.56. The lowest BCUT2D eigenvalue weighted by Crippen LogP contribution is -2.43. The molecule has 0 bridgehead atoms. The van der Waals surface area contributed by atoms with E-state index in [0.29, 0.717) is 11.9 Å². The first-order valence-corrected chi connectivity index (χ1v) is 7.36. The number of carbonyl (C=O) groups is 1. The van der Waals surface area contributed by atoms with Crippen LogP contribution in [0.4, 0.5) is 0 Å². The third-order valence-corrected chi connectivity index (χ3v) is 4.52. The van der Waals surface area contributed by atoms with Gasteiger partial charge in [0.15, 0.2) is 0 Å². The first kappa shape index (κ1) is 11.2. The second-order valence-electron chi connectivity index (χ2n) is 4.90. The van der Waals surface area contributed by atoms with E-state index in [0.717, 1.165) is 38.8 Å². The Morgan fingerprint density at radius 3 is 3.06 bits per heavy atom. The third kappa shape index (κ3) is 2.11. The smallest absolute Gasteiger partial charge is 0.240 e. The maximum Gasteiger partial charge on any atom is 0.240 e. The summed E-state index contributed by atoms with van der Waals surface area (Å²) in [7, 11) is 0. The fraction of sp³-hybridized carbons (Fsp3) is 0.615. The molecule has 1 aromatic rings. The molecule has 0 saturated carbocycles. The van der Waals surface area contributed by atoms with E-state index in [1.54, 1.807) is 11.3 Å². The fourth-order valence-electron chi connectivity index (χ4n) is 2.94. The molecule has 2 saturated heterocycles. The minimum atomic E-state index is 0.0780. The maximum absolute atomic E-state index is 12.4. The molecule has 0 aromatic carbocycles. The van der Waals surface area contributed by atoms with Crippen molar-refractivity contribution < 1.29 is 4.79 Å². The Kier molecular flexibility index (Phi) is 3.16. The van der Waals surface area contributed by atoms with Crippen molar-refractivity contribution in [2.75, 3.05) is 13.1 Å². The molecule has 2 unspecified atom stereocenters. The van der Waals surface area contributed by atoms with Gasteiger partial charge in [-0.05, 0) is 54.6 Å². The average molecular weight is 250 g/mol. The summed E-state index contributed by atoms with van der Waals surface area (Å²) in [5.74, 6) is 0.316. The molecule has 1 aromatic heterocycles. The van der Waals surface area contributed by atoms with Crippen molar-refractivity contribution in [3.05, 3.63) is 22.4 Å². The molecule has 92 valence electrons. The van der Waals surface area contributed by atoms with Gasteiger partial charge in [-0.3, -0.25) is 4.79 Å². The van der Waals surface area contributed by atoms with Crippen LogP contribution >= 0.6 is 11.3 Å². The van der Waals surface area contributed by atoms with Crippen LogP contribution in [0, 0.1) is 0 Å². The predicted molar refractivity (Wildman–Crippen MR) is 69.0 cm³/mol. The van der Waals surface area contributed by atoms with Crippen molar-refractivity contribution in [3.63, 3.8) is 0 Å². The van der Waals surface area contributed by atoms with Gasteiger partial charge >= 0.3 is 0 Å². The molecule has 2 atom stereocenters. The zero-order chi connectivity index (χ0) is 11.7. The van der Waals surface area contributed by atoms with Crippen molar-refractivity contribution in [1.82, 2.24) is 10.2 Å². The molecule has 17 heavy (non-hydrogen) atoms. The lowest BCUT2D eigenvalue weighted by Gasteiger charge is -2.27. The van der Waals surface area contributed by atoms with E-state index in [2.05, 4.69) is 27.0 Å². The predicted octanol–water partition coefficient (Wildman–Crippen LogP) is 2.16. The molecule has 3 nitrogen and oxygen atoms in total. The largest absolute Gasteiger partial charge is 0.334 e. The fourth-order valence-corrected chi connectivity index (χ4v) is 3.64. The molecule has 3 heterocycles. The van der Waals surface area contributed by atoms with E-state index in [1.807, 2.05) is 0 Å². The third-order valence-electron chi connectivity index (χ3n) is 3.82. The number of nitrogens with zero attached hydrogens (tertiary/aromatic N) is 1. The van der Waals surface area contributed by atoms with Crippen LogP contribution in [0.15, 0.2) is 16.8 Å². The minimum Gasteiger partial charge on any atom is -0.334 e. The Hall–Kier alpha value is -0.870. The van der Waals surface area contributed by atoms with Gasteiger partial charge in [0.05, 0.1) is 12.1 Å². The number of nitrogens with one attached hydrogen (secondary N) is 1. The number of carbonyl (C=O) groups excluding carboxylic acids is 1. The van der Waals surface area contributed by atoms with Crippen molar-refractivity contribution in [2.24, 2.45) is 0 Å². The Morgan fingerprint density at radius 1 is 1.41 bits per heavy atom. The van der Waals surface area contributed by atoms with Crippen LogP contribution in [0.25, 0.3) is 0 Å². The van der Waals surface area contributed by atoms with Crippen LogP contribution in [0.1, 0.15) is 37.3 Å². The van der Waals surface area contributed by atoms with Crippen molar-refractivity contribution >= 4 is 17.2 Å². The number of rotatable bonds is 2. The highest BCUT2D eigenvalue weighted by Crippen LogP contribution is 2.33. The Labute approximate surface area is 106 Å². The highest BCUT2D eigenvalue weighted by molar-refractivity contribution is 7.07. The normalized spacial score (nSPS) is 28.8. The van der Waals surface area contributed by atoms with Gasteiger partial charge in [0.25, 0.3) is 0 Å². The second kappa shape index (κ2) is 4.78. The van der Waals surface area contributed by atoms with Gasteiger partial charge < -0.3 is 10.2 Å². The summed E-state index contributed by atoms with van der Waals surface area (Å²) in [5.41, 5.74) is 1.32. The molecule has 0 spiro atoms. The van der Waals surface area contributed by atoms with Crippen molar-refractivity contribution in [3.8, 4) is 0 Å². The van der Waals surface area contributed by atoms with Gasteiger partial charge in [0, 0.05) is 6.54 Å². The summed E-state index contributed by atoms with van der Waals surface area (Å²) in [5, 5.41) is 7.59. The Balaban J connectivity index is 1.75. The van der Waals surface area contributed by atoms with Gasteiger partial charge in [-0.15, -0.1) is 0 Å². The summed E-state index contributed by atoms with van der Waals surface area (Å²) >= 11 is 1.72. The lowest BCUT2D eigenvalue weighted by molar-refractivity contribution is -0.134. The van der Waals surface area contributed by atoms with Gasteiger partial charge in [-0.2, -0.15) is 11.3 Å². The van der Waals surface area contributed by atoms with Crippen LogP contribution in [0.5, 0.6) is 0 Å². The second-order valence-corrected chi connectivity index (χ2v) is 5.68. The molecule has 2 aliphatic heterocycles. The lowest BCUT2D eigenvalue weighted by atomic mass is 10.1. The highest BCUT2D eigenvalue weighted by Gasteiger charge is 2.34. The molecule has 2 fully saturated rings. The first-order chi connectivity index (χ1) is 8.36. The molecule has 1 N–H and O–H groups in total. The number of hydrogen-bond acceptors (Lipinski definition) is 3. The zero-order valence-corrected chi connectivity index (χ0v) is 10.7. The van der Waals surface area contributed by atoms with Crippen LogP contribution < -0.4 is 5.32 Å². The molecule has 4 heteroatoms. The quantitative estimate of drug-likeness (QED) is 0.872. The zero-order valence-electron chi connectivity index (χ0n) is 9.89. The first-order valence-electron chi connectivity index (χ1n) is 6.42. The molecule has 3 rings (SSSR count). The minimum absolute atomic E-state index is 0.0780. The molecular formula is C13H18N2OS. The molecule has 2 aliphatic rings. The van der Waals surface area contributed by atoms with Crippen molar-refractivity contribution in [2.45, 2.75) is 37.8 Å². The topological polar surface area (TPSA) is 32.3 Å². The van der Waals surface area contributed by atoms with Gasteiger partial charge in [0.2, 0.25) is 5.91 Å². The molecule has 0 radical (unpaired) electrons. The van der Waals surface area contributed by atoms with Crippen LogP contribution in [0.2, 0.25) is 0 Å². The Morgan fingerprint density at radius 2 is 2.35 bits per heavy atom. The van der Waals surface area contributed by atoms with Gasteiger partial charge in [-0.1, -0.05) is 0 Å². The van der Waals surface area contributed by atoms with Gasteiger partial charge in [-0.25, -0.2) is 0 Å². The summed E-state index contributed by atoms with van der Waals surface area (Å²) in [4.78, 5) is 14.5. The van der Waals surface area contributed by atoms with E-state index in [1.165, 1.54) is 5.56 Å². The SMILES string of the molecule is O=C(C1CCCN1)N1CCCC1c1ccsc1. The van der Waals surface area contributed by atoms with Crippen LogP contribution in [0.3, 0.4) is 0 Å². The van der Waals surface area contributed by atoms with E-state index >= 15 is 0 Å². The van der Waals surface area contributed by atoms with E-state index in [9.17, 15) is 4.79 Å². The van der Waals surface area contributed by atoms with Crippen LogP contribution in [-0.2, 0) is 4.79 Å². The summed E-state index contributed by atoms with van der Waals surface area (Å²) in [6.07, 6.45) is 4.40. The summed E-state index contributed by atoms with van der Waals surface area (Å²) < 4.78 is 0. The van der Waals surface area contributed by atoms with E-state index in [4.69, 9.17) is 0 Å². The van der Waals surface area contributed by atoms with Gasteiger partial charge in [0.1, 0.15) is 0 Å². The van der Waals surface area contributed by atoms with Crippen LogP contribution in [-0.4, -0.2) is 29.9 Å². The monoisotopic (exact) mass is 250 g/mol. The maximum atomic E-state index is 12.4.